The van der Waals surface area contributed by atoms with Gasteiger partial charge in [0.1, 0.15) is 17.3 Å². The monoisotopic (exact) mass is 365 g/mol. The van der Waals surface area contributed by atoms with Crippen molar-refractivity contribution in [1.82, 2.24) is 14.9 Å². The SMILES string of the molecule is Cc1nc(C(=O)N2CCN(c3ccccc3)CC2)cc(N2CCCCC2)n1. The summed E-state index contributed by atoms with van der Waals surface area (Å²) < 4.78 is 0. The lowest BCUT2D eigenvalue weighted by atomic mass is 10.1. The summed E-state index contributed by atoms with van der Waals surface area (Å²) in [6.07, 6.45) is 3.65. The molecule has 0 N–H and O–H groups in total. The summed E-state index contributed by atoms with van der Waals surface area (Å²) in [4.78, 5) is 28.6. The Bertz CT molecular complexity index is 780. The Morgan fingerprint density at radius 1 is 0.852 bits per heavy atom. The molecule has 4 rings (SSSR count). The standard InChI is InChI=1S/C21H27N5O/c1-17-22-19(16-20(23-17)25-10-6-3-7-11-25)21(27)26-14-12-24(13-15-26)18-8-4-2-5-9-18/h2,4-5,8-9,16H,3,6-7,10-15H2,1H3. The van der Waals surface area contributed by atoms with Gasteiger partial charge in [0.15, 0.2) is 0 Å². The second-order valence-corrected chi connectivity index (χ2v) is 7.32. The van der Waals surface area contributed by atoms with Crippen LogP contribution in [0.1, 0.15) is 35.6 Å². The van der Waals surface area contributed by atoms with Crippen LogP contribution >= 0.6 is 0 Å². The number of hydrogen-bond donors (Lipinski definition) is 0. The van der Waals surface area contributed by atoms with Gasteiger partial charge in [-0.25, -0.2) is 9.97 Å². The van der Waals surface area contributed by atoms with Crippen LogP contribution in [0.25, 0.3) is 0 Å². The molecule has 1 aromatic carbocycles. The van der Waals surface area contributed by atoms with Crippen molar-refractivity contribution in [3.63, 3.8) is 0 Å². The maximum Gasteiger partial charge on any atom is 0.272 e. The molecule has 0 radical (unpaired) electrons. The van der Waals surface area contributed by atoms with Crippen molar-refractivity contribution in [2.75, 3.05) is 49.1 Å². The highest BCUT2D eigenvalue weighted by molar-refractivity contribution is 5.93. The average Bonchev–Trinajstić information content (AvgIpc) is 2.74. The van der Waals surface area contributed by atoms with Crippen LogP contribution in [-0.2, 0) is 0 Å². The summed E-state index contributed by atoms with van der Waals surface area (Å²) in [6.45, 7) is 7.03. The molecule has 0 saturated carbocycles. The first-order chi connectivity index (χ1) is 13.2. The minimum absolute atomic E-state index is 0.0199. The van der Waals surface area contributed by atoms with Crippen LogP contribution in [0.4, 0.5) is 11.5 Å². The van der Waals surface area contributed by atoms with Crippen molar-refractivity contribution in [3.05, 3.63) is 47.9 Å². The van der Waals surface area contributed by atoms with E-state index in [1.165, 1.54) is 24.9 Å². The zero-order valence-electron chi connectivity index (χ0n) is 16.0. The quantitative estimate of drug-likeness (QED) is 0.837. The van der Waals surface area contributed by atoms with Crippen LogP contribution in [0, 0.1) is 6.92 Å². The van der Waals surface area contributed by atoms with Gasteiger partial charge in [-0.2, -0.15) is 0 Å². The lowest BCUT2D eigenvalue weighted by molar-refractivity contribution is 0.0740. The van der Waals surface area contributed by atoms with Gasteiger partial charge in [0.2, 0.25) is 0 Å². The van der Waals surface area contributed by atoms with Gasteiger partial charge in [-0.3, -0.25) is 4.79 Å². The lowest BCUT2D eigenvalue weighted by Crippen LogP contribution is -2.49. The number of carbonyl (C=O) groups excluding carboxylic acids is 1. The van der Waals surface area contributed by atoms with Gasteiger partial charge in [-0.1, -0.05) is 18.2 Å². The molecule has 6 nitrogen and oxygen atoms in total. The first-order valence-corrected chi connectivity index (χ1v) is 9.90. The highest BCUT2D eigenvalue weighted by Gasteiger charge is 2.24. The van der Waals surface area contributed by atoms with Gasteiger partial charge in [-0.15, -0.1) is 0 Å². The predicted octanol–water partition coefficient (Wildman–Crippen LogP) is 2.74. The number of carbonyl (C=O) groups is 1. The van der Waals surface area contributed by atoms with E-state index in [4.69, 9.17) is 0 Å². The number of piperidine rings is 1. The third-order valence-corrected chi connectivity index (χ3v) is 5.41. The molecule has 2 fully saturated rings. The molecule has 2 aliphatic rings. The Kier molecular flexibility index (Phi) is 5.23. The summed E-state index contributed by atoms with van der Waals surface area (Å²) in [5, 5.41) is 0. The van der Waals surface area contributed by atoms with E-state index < -0.39 is 0 Å². The predicted molar refractivity (Wildman–Crippen MR) is 107 cm³/mol. The van der Waals surface area contributed by atoms with Crippen LogP contribution in [-0.4, -0.2) is 60.0 Å². The number of para-hydroxylation sites is 1. The highest BCUT2D eigenvalue weighted by Crippen LogP contribution is 2.20. The van der Waals surface area contributed by atoms with E-state index in [9.17, 15) is 4.79 Å². The van der Waals surface area contributed by atoms with E-state index in [-0.39, 0.29) is 5.91 Å². The van der Waals surface area contributed by atoms with Gasteiger partial charge in [0, 0.05) is 51.0 Å². The molecule has 0 spiro atoms. The fourth-order valence-electron chi connectivity index (χ4n) is 3.92. The average molecular weight is 365 g/mol. The van der Waals surface area contributed by atoms with Crippen molar-refractivity contribution in [2.24, 2.45) is 0 Å². The molecule has 0 atom stereocenters. The number of anilines is 2. The molecule has 2 aliphatic heterocycles. The fraction of sp³-hybridized carbons (Fsp3) is 0.476. The highest BCUT2D eigenvalue weighted by atomic mass is 16.2. The van der Waals surface area contributed by atoms with E-state index in [1.54, 1.807) is 0 Å². The molecule has 6 heteroatoms. The van der Waals surface area contributed by atoms with E-state index in [0.29, 0.717) is 11.5 Å². The molecule has 27 heavy (non-hydrogen) atoms. The summed E-state index contributed by atoms with van der Waals surface area (Å²) in [5.74, 6) is 1.59. The Morgan fingerprint density at radius 2 is 1.56 bits per heavy atom. The Balaban J connectivity index is 1.44. The molecule has 1 aromatic heterocycles. The van der Waals surface area contributed by atoms with Gasteiger partial charge in [0.05, 0.1) is 0 Å². The Hall–Kier alpha value is -2.63. The van der Waals surface area contributed by atoms with Crippen LogP contribution in [0.15, 0.2) is 36.4 Å². The Morgan fingerprint density at radius 3 is 2.26 bits per heavy atom. The number of aromatic nitrogens is 2. The minimum Gasteiger partial charge on any atom is -0.368 e. The van der Waals surface area contributed by atoms with Crippen molar-refractivity contribution in [2.45, 2.75) is 26.2 Å². The van der Waals surface area contributed by atoms with Crippen molar-refractivity contribution < 1.29 is 4.79 Å². The number of amides is 1. The van der Waals surface area contributed by atoms with Gasteiger partial charge >= 0.3 is 0 Å². The first-order valence-electron chi connectivity index (χ1n) is 9.90. The van der Waals surface area contributed by atoms with E-state index >= 15 is 0 Å². The number of rotatable bonds is 3. The van der Waals surface area contributed by atoms with E-state index in [2.05, 4.69) is 44.0 Å². The third kappa shape index (κ3) is 4.04. The van der Waals surface area contributed by atoms with Crippen LogP contribution in [0.3, 0.4) is 0 Å². The summed E-state index contributed by atoms with van der Waals surface area (Å²) in [5.41, 5.74) is 1.74. The maximum atomic E-state index is 13.0. The summed E-state index contributed by atoms with van der Waals surface area (Å²) in [7, 11) is 0. The Labute approximate surface area is 160 Å². The number of nitrogens with zero attached hydrogens (tertiary/aromatic N) is 5. The molecule has 0 unspecified atom stereocenters. The minimum atomic E-state index is 0.0199. The molecular weight excluding hydrogens is 338 g/mol. The number of hydrogen-bond acceptors (Lipinski definition) is 5. The number of aryl methyl sites for hydroxylation is 1. The molecular formula is C21H27N5O. The first kappa shape index (κ1) is 17.8. The maximum absolute atomic E-state index is 13.0. The zero-order valence-corrected chi connectivity index (χ0v) is 16.0. The molecule has 1 amide bonds. The molecule has 2 aromatic rings. The normalized spacial score (nSPS) is 17.9. The second-order valence-electron chi connectivity index (χ2n) is 7.32. The third-order valence-electron chi connectivity index (χ3n) is 5.41. The summed E-state index contributed by atoms with van der Waals surface area (Å²) >= 11 is 0. The van der Waals surface area contributed by atoms with Crippen molar-refractivity contribution >= 4 is 17.4 Å². The van der Waals surface area contributed by atoms with E-state index in [1.807, 2.05) is 24.0 Å². The largest absolute Gasteiger partial charge is 0.368 e. The van der Waals surface area contributed by atoms with Crippen LogP contribution < -0.4 is 9.80 Å². The molecule has 0 aliphatic carbocycles. The molecule has 2 saturated heterocycles. The zero-order chi connectivity index (χ0) is 18.6. The second kappa shape index (κ2) is 7.94. The van der Waals surface area contributed by atoms with Crippen molar-refractivity contribution in [3.8, 4) is 0 Å². The van der Waals surface area contributed by atoms with Crippen LogP contribution in [0.5, 0.6) is 0 Å². The number of piperazine rings is 1. The summed E-state index contributed by atoms with van der Waals surface area (Å²) in [6, 6.07) is 12.3. The van der Waals surface area contributed by atoms with Crippen LogP contribution in [0.2, 0.25) is 0 Å². The smallest absolute Gasteiger partial charge is 0.272 e. The van der Waals surface area contributed by atoms with Gasteiger partial charge in [-0.05, 0) is 38.3 Å². The lowest BCUT2D eigenvalue weighted by Gasteiger charge is -2.36. The number of benzene rings is 1. The van der Waals surface area contributed by atoms with Gasteiger partial charge in [0.25, 0.3) is 5.91 Å². The van der Waals surface area contributed by atoms with Crippen molar-refractivity contribution in [1.29, 1.82) is 0 Å². The molecule has 142 valence electrons. The topological polar surface area (TPSA) is 52.6 Å². The fourth-order valence-corrected chi connectivity index (χ4v) is 3.92. The van der Waals surface area contributed by atoms with E-state index in [0.717, 1.165) is 45.1 Å². The molecule has 0 bridgehead atoms. The molecule has 3 heterocycles. The van der Waals surface area contributed by atoms with Gasteiger partial charge < -0.3 is 14.7 Å².